The lowest BCUT2D eigenvalue weighted by molar-refractivity contribution is -0.151. The number of para-hydroxylation sites is 1. The van der Waals surface area contributed by atoms with Crippen molar-refractivity contribution in [3.63, 3.8) is 0 Å². The number of carbonyl (C=O) groups is 1. The van der Waals surface area contributed by atoms with E-state index in [2.05, 4.69) is 4.98 Å². The fourth-order valence-corrected chi connectivity index (χ4v) is 4.45. The number of ether oxygens (including phenoxy) is 4. The molecule has 2 aliphatic rings. The first-order valence-electron chi connectivity index (χ1n) is 10.4. The molecule has 6 rings (SSSR count). The average Bonchev–Trinajstić information content (AvgIpc) is 3.42. The fraction of sp³-hybridized carbons (Fsp3) is 0.208. The summed E-state index contributed by atoms with van der Waals surface area (Å²) in [6, 6.07) is 11.9. The minimum absolute atomic E-state index is 0.0889. The van der Waals surface area contributed by atoms with Gasteiger partial charge in [-0.25, -0.2) is 9.59 Å². The number of benzene rings is 2. The van der Waals surface area contributed by atoms with Crippen LogP contribution in [0.1, 0.15) is 24.0 Å². The highest BCUT2D eigenvalue weighted by molar-refractivity contribution is 5.89. The maximum Gasteiger partial charge on any atom is 0.348 e. The SMILES string of the molecule is CCOC(=O)[C@@H]1Oc2c(c(=O)oc3ccccc23)[C@H]1c1cc2cc3c(cc2[nH]c1=O)OCO3. The van der Waals surface area contributed by atoms with E-state index in [1.807, 2.05) is 0 Å². The van der Waals surface area contributed by atoms with E-state index in [4.69, 9.17) is 23.4 Å². The molecule has 2 atom stereocenters. The smallest absolute Gasteiger partial charge is 0.348 e. The number of rotatable bonds is 3. The summed E-state index contributed by atoms with van der Waals surface area (Å²) in [5.74, 6) is -0.408. The van der Waals surface area contributed by atoms with Crippen LogP contribution in [0.2, 0.25) is 0 Å². The van der Waals surface area contributed by atoms with E-state index in [0.717, 1.165) is 0 Å². The van der Waals surface area contributed by atoms with Gasteiger partial charge in [0.15, 0.2) is 11.5 Å². The normalized spacial score (nSPS) is 18.3. The molecular formula is C24H17NO8. The molecular weight excluding hydrogens is 430 g/mol. The van der Waals surface area contributed by atoms with E-state index >= 15 is 0 Å². The summed E-state index contributed by atoms with van der Waals surface area (Å²) < 4.78 is 27.5. The summed E-state index contributed by atoms with van der Waals surface area (Å²) in [7, 11) is 0. The van der Waals surface area contributed by atoms with E-state index in [1.165, 1.54) is 0 Å². The molecule has 166 valence electrons. The summed E-state index contributed by atoms with van der Waals surface area (Å²) in [5.41, 5.74) is 0.00320. The highest BCUT2D eigenvalue weighted by Gasteiger charge is 2.46. The highest BCUT2D eigenvalue weighted by atomic mass is 16.7. The van der Waals surface area contributed by atoms with Crippen molar-refractivity contribution in [2.45, 2.75) is 18.9 Å². The van der Waals surface area contributed by atoms with Gasteiger partial charge in [0.1, 0.15) is 11.3 Å². The van der Waals surface area contributed by atoms with Crippen molar-refractivity contribution in [1.82, 2.24) is 4.98 Å². The zero-order valence-electron chi connectivity index (χ0n) is 17.4. The monoisotopic (exact) mass is 447 g/mol. The molecule has 0 fully saturated rings. The van der Waals surface area contributed by atoms with E-state index in [1.54, 1.807) is 49.4 Å². The number of H-pyrrole nitrogens is 1. The molecule has 0 saturated carbocycles. The van der Waals surface area contributed by atoms with Gasteiger partial charge in [0, 0.05) is 17.0 Å². The van der Waals surface area contributed by atoms with Crippen LogP contribution in [0.3, 0.4) is 0 Å². The van der Waals surface area contributed by atoms with Crippen molar-refractivity contribution in [3.8, 4) is 17.2 Å². The lowest BCUT2D eigenvalue weighted by Crippen LogP contribution is -2.35. The van der Waals surface area contributed by atoms with Crippen molar-refractivity contribution >= 4 is 27.8 Å². The number of nitrogens with one attached hydrogen (secondary N) is 1. The maximum atomic E-state index is 13.2. The van der Waals surface area contributed by atoms with E-state index in [9.17, 15) is 14.4 Å². The molecule has 0 spiro atoms. The quantitative estimate of drug-likeness (QED) is 0.376. The average molecular weight is 447 g/mol. The molecule has 0 saturated heterocycles. The van der Waals surface area contributed by atoms with Gasteiger partial charge in [-0.15, -0.1) is 0 Å². The van der Waals surface area contributed by atoms with E-state index in [-0.39, 0.29) is 30.3 Å². The van der Waals surface area contributed by atoms with Crippen LogP contribution >= 0.6 is 0 Å². The van der Waals surface area contributed by atoms with Crippen LogP contribution in [-0.2, 0) is 9.53 Å². The second-order valence-electron chi connectivity index (χ2n) is 7.74. The van der Waals surface area contributed by atoms with Crippen LogP contribution in [0.15, 0.2) is 56.5 Å². The molecule has 0 aliphatic carbocycles. The van der Waals surface area contributed by atoms with Crippen molar-refractivity contribution in [1.29, 1.82) is 0 Å². The first kappa shape index (κ1) is 19.4. The Hall–Kier alpha value is -4.27. The zero-order valence-corrected chi connectivity index (χ0v) is 17.4. The molecule has 2 aromatic heterocycles. The van der Waals surface area contributed by atoms with Gasteiger partial charge in [-0.05, 0) is 31.2 Å². The van der Waals surface area contributed by atoms with E-state index < -0.39 is 29.2 Å². The highest BCUT2D eigenvalue weighted by Crippen LogP contribution is 2.44. The number of aromatic amines is 1. The Kier molecular flexibility index (Phi) is 4.19. The van der Waals surface area contributed by atoms with Crippen molar-refractivity contribution < 1.29 is 28.2 Å². The second-order valence-corrected chi connectivity index (χ2v) is 7.74. The predicted octanol–water partition coefficient (Wildman–Crippen LogP) is 2.82. The predicted molar refractivity (Wildman–Crippen MR) is 116 cm³/mol. The molecule has 0 bridgehead atoms. The summed E-state index contributed by atoms with van der Waals surface area (Å²) in [6.45, 7) is 1.88. The lowest BCUT2D eigenvalue weighted by Gasteiger charge is -2.17. The number of hydrogen-bond acceptors (Lipinski definition) is 8. The molecule has 0 amide bonds. The molecule has 4 aromatic rings. The van der Waals surface area contributed by atoms with Crippen LogP contribution in [0.4, 0.5) is 0 Å². The van der Waals surface area contributed by atoms with Crippen LogP contribution in [0.25, 0.3) is 21.9 Å². The number of hydrogen-bond donors (Lipinski definition) is 1. The first-order valence-corrected chi connectivity index (χ1v) is 10.4. The molecule has 1 N–H and O–H groups in total. The first-order chi connectivity index (χ1) is 16.0. The Balaban J connectivity index is 1.61. The third kappa shape index (κ3) is 2.89. The van der Waals surface area contributed by atoms with Gasteiger partial charge >= 0.3 is 11.6 Å². The van der Waals surface area contributed by atoms with Gasteiger partial charge in [-0.1, -0.05) is 12.1 Å². The fourth-order valence-electron chi connectivity index (χ4n) is 4.45. The Morgan fingerprint density at radius 3 is 2.73 bits per heavy atom. The van der Waals surface area contributed by atoms with Crippen LogP contribution in [-0.4, -0.2) is 30.5 Å². The van der Waals surface area contributed by atoms with Crippen LogP contribution in [0, 0.1) is 0 Å². The molecule has 0 unspecified atom stereocenters. The van der Waals surface area contributed by atoms with Gasteiger partial charge in [-0.2, -0.15) is 0 Å². The van der Waals surface area contributed by atoms with Gasteiger partial charge in [0.2, 0.25) is 12.9 Å². The number of aromatic nitrogens is 1. The van der Waals surface area contributed by atoms with Crippen molar-refractivity contribution in [2.24, 2.45) is 0 Å². The van der Waals surface area contributed by atoms with Gasteiger partial charge in [-0.3, -0.25) is 4.79 Å². The van der Waals surface area contributed by atoms with Gasteiger partial charge < -0.3 is 28.3 Å². The Morgan fingerprint density at radius 1 is 1.12 bits per heavy atom. The van der Waals surface area contributed by atoms with E-state index in [0.29, 0.717) is 33.4 Å². The molecule has 9 nitrogen and oxygen atoms in total. The second kappa shape index (κ2) is 7.13. The van der Waals surface area contributed by atoms with Gasteiger partial charge in [0.25, 0.3) is 5.56 Å². The topological polar surface area (TPSA) is 117 Å². The minimum atomic E-state index is -1.22. The summed E-state index contributed by atoms with van der Waals surface area (Å²) in [5, 5.41) is 1.18. The number of esters is 1. The number of carbonyl (C=O) groups excluding carboxylic acids is 1. The molecule has 0 radical (unpaired) electrons. The number of pyridine rings is 1. The molecule has 4 heterocycles. The summed E-state index contributed by atoms with van der Waals surface area (Å²) in [4.78, 5) is 41.8. The Labute approximate surface area is 185 Å². The Morgan fingerprint density at radius 2 is 1.91 bits per heavy atom. The third-order valence-electron chi connectivity index (χ3n) is 5.88. The lowest BCUT2D eigenvalue weighted by atomic mass is 9.88. The molecule has 9 heteroatoms. The Bertz CT molecular complexity index is 1570. The third-order valence-corrected chi connectivity index (χ3v) is 5.88. The number of fused-ring (bicyclic) bond motifs is 5. The molecule has 33 heavy (non-hydrogen) atoms. The van der Waals surface area contributed by atoms with Crippen molar-refractivity contribution in [2.75, 3.05) is 13.4 Å². The van der Waals surface area contributed by atoms with Crippen molar-refractivity contribution in [3.05, 3.63) is 74.4 Å². The summed E-state index contributed by atoms with van der Waals surface area (Å²) >= 11 is 0. The maximum absolute atomic E-state index is 13.2. The van der Waals surface area contributed by atoms with Crippen LogP contribution in [0.5, 0.6) is 17.2 Å². The minimum Gasteiger partial charge on any atom is -0.476 e. The zero-order chi connectivity index (χ0) is 22.7. The summed E-state index contributed by atoms with van der Waals surface area (Å²) in [6.07, 6.45) is -1.22. The van der Waals surface area contributed by atoms with Crippen LogP contribution < -0.4 is 25.4 Å². The van der Waals surface area contributed by atoms with Gasteiger partial charge in [0.05, 0.1) is 29.0 Å². The standard InChI is InChI=1S/C24H17NO8/c1-2-29-24(28)21-18(19-20(33-21)12-5-3-4-6-15(12)32-23(19)27)13-7-11-8-16-17(31-10-30-16)9-14(11)25-22(13)26/h3-9,18,21H,2,10H2,1H3,(H,25,26)/t18-,21-/m1/s1. The molecule has 2 aromatic carbocycles. The largest absolute Gasteiger partial charge is 0.476 e. The molecule has 2 aliphatic heterocycles.